The number of carbonyl (C=O) groups is 1. The molecule has 1 aromatic carbocycles. The minimum atomic E-state index is -0.121. The molecular weight excluding hydrogens is 316 g/mol. The standard InChI is InChI=1S/C16H16N2O2S2/c1-11(14-7-4-8-20-14)17-15(19)10-22-16-18-13-6-3-2-5-12(13)9-21-16/h2-8,11H,9-10H2,1H3,(H,17,19). The van der Waals surface area contributed by atoms with Gasteiger partial charge in [-0.3, -0.25) is 4.79 Å². The van der Waals surface area contributed by atoms with Crippen molar-refractivity contribution in [2.45, 2.75) is 18.7 Å². The first-order valence-electron chi connectivity index (χ1n) is 6.97. The molecular formula is C16H16N2O2S2. The molecule has 0 fully saturated rings. The van der Waals surface area contributed by atoms with Gasteiger partial charge in [0.25, 0.3) is 0 Å². The van der Waals surface area contributed by atoms with Gasteiger partial charge in [-0.05, 0) is 30.7 Å². The van der Waals surface area contributed by atoms with Crippen LogP contribution in [0.4, 0.5) is 5.69 Å². The van der Waals surface area contributed by atoms with Crippen LogP contribution in [0.25, 0.3) is 0 Å². The second-order valence-corrected chi connectivity index (χ2v) is 7.07. The number of nitrogens with one attached hydrogen (secondary N) is 1. The monoisotopic (exact) mass is 332 g/mol. The third kappa shape index (κ3) is 3.75. The van der Waals surface area contributed by atoms with E-state index >= 15 is 0 Å². The molecule has 1 N–H and O–H groups in total. The summed E-state index contributed by atoms with van der Waals surface area (Å²) in [6.45, 7) is 1.91. The molecule has 0 saturated heterocycles. The number of aliphatic imine (C=N–C) groups is 1. The van der Waals surface area contributed by atoms with Gasteiger partial charge < -0.3 is 9.73 Å². The number of thioether (sulfide) groups is 2. The molecule has 0 aliphatic carbocycles. The molecule has 0 spiro atoms. The van der Waals surface area contributed by atoms with E-state index in [1.54, 1.807) is 18.0 Å². The number of furan rings is 1. The summed E-state index contributed by atoms with van der Waals surface area (Å²) in [6.07, 6.45) is 1.61. The molecule has 1 unspecified atom stereocenters. The fourth-order valence-corrected chi connectivity index (χ4v) is 3.98. The Labute approximate surface area is 137 Å². The second kappa shape index (κ2) is 7.07. The highest BCUT2D eigenvalue weighted by atomic mass is 32.2. The van der Waals surface area contributed by atoms with Crippen LogP contribution in [-0.4, -0.2) is 16.0 Å². The van der Waals surface area contributed by atoms with Crippen molar-refractivity contribution in [3.05, 3.63) is 54.0 Å². The number of para-hydroxylation sites is 1. The highest BCUT2D eigenvalue weighted by molar-refractivity contribution is 8.38. The number of fused-ring (bicyclic) bond motifs is 1. The first-order chi connectivity index (χ1) is 10.7. The van der Waals surface area contributed by atoms with Crippen molar-refractivity contribution in [1.29, 1.82) is 0 Å². The van der Waals surface area contributed by atoms with E-state index in [1.165, 1.54) is 17.3 Å². The van der Waals surface area contributed by atoms with Gasteiger partial charge in [-0.1, -0.05) is 41.7 Å². The van der Waals surface area contributed by atoms with Crippen molar-refractivity contribution in [1.82, 2.24) is 5.32 Å². The van der Waals surface area contributed by atoms with E-state index in [-0.39, 0.29) is 11.9 Å². The molecule has 2 aromatic rings. The number of rotatable bonds is 4. The summed E-state index contributed by atoms with van der Waals surface area (Å²) < 4.78 is 6.22. The lowest BCUT2D eigenvalue weighted by Gasteiger charge is -2.15. The number of carbonyl (C=O) groups excluding carboxylic acids is 1. The Balaban J connectivity index is 1.53. The van der Waals surface area contributed by atoms with Crippen molar-refractivity contribution in [2.75, 3.05) is 5.75 Å². The van der Waals surface area contributed by atoms with Gasteiger partial charge in [0, 0.05) is 5.75 Å². The summed E-state index contributed by atoms with van der Waals surface area (Å²) in [6, 6.07) is 11.7. The van der Waals surface area contributed by atoms with E-state index in [2.05, 4.69) is 16.4 Å². The molecule has 1 aliphatic heterocycles. The van der Waals surface area contributed by atoms with Gasteiger partial charge in [-0.2, -0.15) is 0 Å². The molecule has 1 amide bonds. The molecule has 6 heteroatoms. The number of hydrogen-bond acceptors (Lipinski definition) is 5. The third-order valence-electron chi connectivity index (χ3n) is 3.23. The highest BCUT2D eigenvalue weighted by Crippen LogP contribution is 2.34. The molecule has 0 saturated carbocycles. The van der Waals surface area contributed by atoms with Crippen LogP contribution in [0.2, 0.25) is 0 Å². The van der Waals surface area contributed by atoms with Crippen LogP contribution >= 0.6 is 23.5 Å². The third-order valence-corrected chi connectivity index (χ3v) is 5.47. The van der Waals surface area contributed by atoms with E-state index < -0.39 is 0 Å². The first kappa shape index (κ1) is 15.2. The van der Waals surface area contributed by atoms with Gasteiger partial charge in [0.05, 0.1) is 23.7 Å². The van der Waals surface area contributed by atoms with E-state index in [9.17, 15) is 4.79 Å². The number of benzene rings is 1. The Morgan fingerprint density at radius 1 is 1.41 bits per heavy atom. The fourth-order valence-electron chi connectivity index (χ4n) is 2.11. The van der Waals surface area contributed by atoms with Crippen LogP contribution in [0.3, 0.4) is 0 Å². The highest BCUT2D eigenvalue weighted by Gasteiger charge is 2.16. The van der Waals surface area contributed by atoms with Crippen LogP contribution in [-0.2, 0) is 10.5 Å². The fraction of sp³-hybridized carbons (Fsp3) is 0.250. The number of nitrogens with zero attached hydrogens (tertiary/aromatic N) is 1. The predicted molar refractivity (Wildman–Crippen MR) is 92.6 cm³/mol. The molecule has 22 heavy (non-hydrogen) atoms. The summed E-state index contributed by atoms with van der Waals surface area (Å²) in [5.74, 6) is 2.01. The Morgan fingerprint density at radius 3 is 3.09 bits per heavy atom. The van der Waals surface area contributed by atoms with Gasteiger partial charge in [-0.15, -0.1) is 0 Å². The van der Waals surface area contributed by atoms with E-state index in [0.717, 1.165) is 21.6 Å². The smallest absolute Gasteiger partial charge is 0.231 e. The Bertz CT molecular complexity index is 683. The van der Waals surface area contributed by atoms with E-state index in [4.69, 9.17) is 4.42 Å². The van der Waals surface area contributed by atoms with Gasteiger partial charge in [0.1, 0.15) is 10.1 Å². The molecule has 3 rings (SSSR count). The van der Waals surface area contributed by atoms with Crippen LogP contribution in [0.5, 0.6) is 0 Å². The van der Waals surface area contributed by atoms with Crippen molar-refractivity contribution < 1.29 is 9.21 Å². The maximum atomic E-state index is 12.0. The van der Waals surface area contributed by atoms with Crippen molar-refractivity contribution in [3.8, 4) is 0 Å². The first-order valence-corrected chi connectivity index (χ1v) is 8.94. The Hall–Kier alpha value is -1.66. The van der Waals surface area contributed by atoms with Crippen molar-refractivity contribution in [2.24, 2.45) is 4.99 Å². The largest absolute Gasteiger partial charge is 0.467 e. The Kier molecular flexibility index (Phi) is 4.90. The second-order valence-electron chi connectivity index (χ2n) is 4.89. The molecule has 4 nitrogen and oxygen atoms in total. The lowest BCUT2D eigenvalue weighted by atomic mass is 10.2. The molecule has 0 bridgehead atoms. The lowest BCUT2D eigenvalue weighted by molar-refractivity contribution is -0.119. The minimum Gasteiger partial charge on any atom is -0.467 e. The summed E-state index contributed by atoms with van der Waals surface area (Å²) >= 11 is 3.16. The van der Waals surface area contributed by atoms with Crippen LogP contribution in [0, 0.1) is 0 Å². The molecule has 1 aliphatic rings. The van der Waals surface area contributed by atoms with Crippen LogP contribution < -0.4 is 5.32 Å². The summed E-state index contributed by atoms with van der Waals surface area (Å²) in [5.41, 5.74) is 2.25. The van der Waals surface area contributed by atoms with Crippen molar-refractivity contribution >= 4 is 39.5 Å². The summed E-state index contributed by atoms with van der Waals surface area (Å²) in [5, 5.41) is 2.92. The quantitative estimate of drug-likeness (QED) is 0.915. The SMILES string of the molecule is CC(NC(=O)CSC1=Nc2ccccc2CS1)c1ccco1. The Morgan fingerprint density at radius 2 is 2.27 bits per heavy atom. The molecule has 1 aromatic heterocycles. The van der Waals surface area contributed by atoms with Crippen LogP contribution in [0.15, 0.2) is 52.1 Å². The zero-order chi connectivity index (χ0) is 15.4. The normalized spacial score (nSPS) is 14.9. The number of amides is 1. The summed E-state index contributed by atoms with van der Waals surface area (Å²) in [7, 11) is 0. The van der Waals surface area contributed by atoms with Crippen LogP contribution in [0.1, 0.15) is 24.3 Å². The summed E-state index contributed by atoms with van der Waals surface area (Å²) in [4.78, 5) is 16.6. The van der Waals surface area contributed by atoms with Gasteiger partial charge in [0.15, 0.2) is 0 Å². The van der Waals surface area contributed by atoms with E-state index in [0.29, 0.717) is 5.75 Å². The topological polar surface area (TPSA) is 54.6 Å². The molecule has 114 valence electrons. The average molecular weight is 332 g/mol. The van der Waals surface area contributed by atoms with Gasteiger partial charge in [0.2, 0.25) is 5.91 Å². The number of hydrogen-bond donors (Lipinski definition) is 1. The molecule has 0 radical (unpaired) electrons. The average Bonchev–Trinajstić information content (AvgIpc) is 3.07. The van der Waals surface area contributed by atoms with E-state index in [1.807, 2.05) is 37.3 Å². The van der Waals surface area contributed by atoms with Gasteiger partial charge in [-0.25, -0.2) is 4.99 Å². The minimum absolute atomic E-state index is 0.0175. The maximum absolute atomic E-state index is 12.0. The maximum Gasteiger partial charge on any atom is 0.231 e. The van der Waals surface area contributed by atoms with Crippen molar-refractivity contribution in [3.63, 3.8) is 0 Å². The lowest BCUT2D eigenvalue weighted by Crippen LogP contribution is -2.28. The zero-order valence-electron chi connectivity index (χ0n) is 12.1. The van der Waals surface area contributed by atoms with Gasteiger partial charge >= 0.3 is 0 Å². The molecule has 2 heterocycles. The zero-order valence-corrected chi connectivity index (χ0v) is 13.7. The predicted octanol–water partition coefficient (Wildman–Crippen LogP) is 4.12. The molecule has 1 atom stereocenters.